The van der Waals surface area contributed by atoms with Gasteiger partial charge in [0.15, 0.2) is 17.3 Å². The van der Waals surface area contributed by atoms with Gasteiger partial charge >= 0.3 is 5.97 Å². The lowest BCUT2D eigenvalue weighted by molar-refractivity contribution is 0.0464. The Morgan fingerprint density at radius 2 is 2.00 bits per heavy atom. The van der Waals surface area contributed by atoms with E-state index in [-0.39, 0.29) is 12.3 Å². The topological polar surface area (TPSA) is 86.6 Å². The van der Waals surface area contributed by atoms with Crippen molar-refractivity contribution in [3.8, 4) is 23.0 Å². The van der Waals surface area contributed by atoms with Crippen LogP contribution in [0.15, 0.2) is 45.5 Å². The number of aromatic nitrogens is 2. The van der Waals surface area contributed by atoms with Gasteiger partial charge in [0.05, 0.1) is 20.5 Å². The second kappa shape index (κ2) is 7.43. The molecule has 0 aliphatic heterocycles. The maximum Gasteiger partial charge on any atom is 0.356 e. The second-order valence-electron chi connectivity index (χ2n) is 5.02. The molecule has 0 aliphatic rings. The molecule has 3 aromatic rings. The molecule has 0 radical (unpaired) electrons. The number of furan rings is 1. The molecule has 8 heteroatoms. The Bertz CT molecular complexity index is 873. The molecule has 0 spiro atoms. The van der Waals surface area contributed by atoms with Crippen LogP contribution in [0.1, 0.15) is 16.1 Å². The molecular weight excluding hydrogens is 392 g/mol. The van der Waals surface area contributed by atoms with Gasteiger partial charge in [0, 0.05) is 16.1 Å². The van der Waals surface area contributed by atoms with E-state index in [1.807, 2.05) is 0 Å². The molecule has 3 rings (SSSR count). The van der Waals surface area contributed by atoms with Crippen molar-refractivity contribution in [2.75, 3.05) is 14.2 Å². The van der Waals surface area contributed by atoms with Crippen molar-refractivity contribution >= 4 is 21.9 Å². The monoisotopic (exact) mass is 406 g/mol. The number of benzene rings is 1. The molecule has 0 atom stereocenters. The summed E-state index contributed by atoms with van der Waals surface area (Å²) in [7, 11) is 3.10. The number of nitrogens with one attached hydrogen (secondary N) is 1. The minimum Gasteiger partial charge on any atom is -0.493 e. The van der Waals surface area contributed by atoms with Crippen LogP contribution in [0.3, 0.4) is 0 Å². The van der Waals surface area contributed by atoms with Crippen LogP contribution in [0, 0.1) is 0 Å². The van der Waals surface area contributed by atoms with Gasteiger partial charge in [-0.15, -0.1) is 0 Å². The smallest absolute Gasteiger partial charge is 0.356 e. The SMILES string of the molecule is COc1cc(Br)c(COC(=O)c2cc(-c3ccco3)n[nH]2)cc1OC. The Morgan fingerprint density at radius 1 is 1.24 bits per heavy atom. The summed E-state index contributed by atoms with van der Waals surface area (Å²) in [4.78, 5) is 12.2. The Morgan fingerprint density at radius 3 is 2.68 bits per heavy atom. The van der Waals surface area contributed by atoms with Crippen LogP contribution in [-0.4, -0.2) is 30.4 Å². The molecule has 0 saturated carbocycles. The molecule has 1 aromatic carbocycles. The number of ether oxygens (including phenoxy) is 3. The summed E-state index contributed by atoms with van der Waals surface area (Å²) in [5.41, 5.74) is 1.52. The summed E-state index contributed by atoms with van der Waals surface area (Å²) in [6.45, 7) is 0.0644. The molecule has 25 heavy (non-hydrogen) atoms. The number of nitrogens with zero attached hydrogens (tertiary/aromatic N) is 1. The van der Waals surface area contributed by atoms with Crippen LogP contribution in [-0.2, 0) is 11.3 Å². The summed E-state index contributed by atoms with van der Waals surface area (Å²) in [6, 6.07) is 8.58. The van der Waals surface area contributed by atoms with E-state index in [9.17, 15) is 4.79 Å². The molecular formula is C17H15BrN2O5. The van der Waals surface area contributed by atoms with Crippen molar-refractivity contribution in [1.29, 1.82) is 0 Å². The van der Waals surface area contributed by atoms with Gasteiger partial charge in [0.25, 0.3) is 0 Å². The number of methoxy groups -OCH3 is 2. The fourth-order valence-corrected chi connectivity index (χ4v) is 2.64. The van der Waals surface area contributed by atoms with Gasteiger partial charge in [0.2, 0.25) is 0 Å². The van der Waals surface area contributed by atoms with Crippen molar-refractivity contribution < 1.29 is 23.4 Å². The summed E-state index contributed by atoms with van der Waals surface area (Å²) in [5.74, 6) is 1.18. The number of halogens is 1. The number of esters is 1. The maximum atomic E-state index is 12.2. The van der Waals surface area contributed by atoms with Gasteiger partial charge in [-0.25, -0.2) is 4.79 Å². The highest BCUT2D eigenvalue weighted by Gasteiger charge is 2.16. The number of rotatable bonds is 6. The maximum absolute atomic E-state index is 12.2. The first-order valence-corrected chi connectivity index (χ1v) is 8.08. The molecule has 0 saturated heterocycles. The van der Waals surface area contributed by atoms with Gasteiger partial charge in [-0.3, -0.25) is 5.10 Å². The first kappa shape index (κ1) is 17.1. The van der Waals surface area contributed by atoms with Crippen LogP contribution in [0.2, 0.25) is 0 Å². The summed E-state index contributed by atoms with van der Waals surface area (Å²) < 4.78 is 21.8. The van der Waals surface area contributed by atoms with E-state index in [0.29, 0.717) is 23.0 Å². The molecule has 0 aliphatic carbocycles. The quantitative estimate of drug-likeness (QED) is 0.626. The Kier molecular flexibility index (Phi) is 5.08. The first-order valence-electron chi connectivity index (χ1n) is 7.29. The minimum atomic E-state index is -0.521. The number of hydrogen-bond acceptors (Lipinski definition) is 6. The number of aromatic amines is 1. The van der Waals surface area contributed by atoms with E-state index in [4.69, 9.17) is 18.6 Å². The van der Waals surface area contributed by atoms with Gasteiger partial charge < -0.3 is 18.6 Å². The predicted octanol–water partition coefficient (Wildman–Crippen LogP) is 3.81. The van der Waals surface area contributed by atoms with E-state index in [1.54, 1.807) is 44.6 Å². The summed E-state index contributed by atoms with van der Waals surface area (Å²) in [6.07, 6.45) is 1.54. The Hall–Kier alpha value is -2.74. The highest BCUT2D eigenvalue weighted by molar-refractivity contribution is 9.10. The average Bonchev–Trinajstić information content (AvgIpc) is 3.31. The van der Waals surface area contributed by atoms with Crippen LogP contribution >= 0.6 is 15.9 Å². The zero-order valence-corrected chi connectivity index (χ0v) is 15.1. The Balaban J connectivity index is 1.70. The van der Waals surface area contributed by atoms with Gasteiger partial charge in [-0.05, 0) is 24.3 Å². The van der Waals surface area contributed by atoms with Crippen molar-refractivity contribution in [2.45, 2.75) is 6.61 Å². The van der Waals surface area contributed by atoms with Crippen molar-refractivity contribution in [3.05, 3.63) is 52.3 Å². The number of carbonyl (C=O) groups excluding carboxylic acids is 1. The molecule has 0 unspecified atom stereocenters. The van der Waals surface area contributed by atoms with E-state index in [2.05, 4.69) is 26.1 Å². The normalized spacial score (nSPS) is 10.5. The Labute approximate surface area is 152 Å². The minimum absolute atomic E-state index is 0.0644. The van der Waals surface area contributed by atoms with E-state index >= 15 is 0 Å². The largest absolute Gasteiger partial charge is 0.493 e. The van der Waals surface area contributed by atoms with Gasteiger partial charge in [0.1, 0.15) is 18.0 Å². The zero-order chi connectivity index (χ0) is 17.8. The third-order valence-electron chi connectivity index (χ3n) is 3.48. The van der Waals surface area contributed by atoms with Crippen molar-refractivity contribution in [1.82, 2.24) is 10.2 Å². The van der Waals surface area contributed by atoms with Crippen LogP contribution in [0.5, 0.6) is 11.5 Å². The highest BCUT2D eigenvalue weighted by atomic mass is 79.9. The lowest BCUT2D eigenvalue weighted by Gasteiger charge is -2.12. The standard InChI is InChI=1S/C17H15BrN2O5/c1-22-15-6-10(11(18)7-16(15)23-2)9-25-17(21)13-8-12(19-20-13)14-4-3-5-24-14/h3-8H,9H2,1-2H3,(H,19,20). The summed E-state index contributed by atoms with van der Waals surface area (Å²) >= 11 is 3.43. The molecule has 0 bridgehead atoms. The highest BCUT2D eigenvalue weighted by Crippen LogP contribution is 2.33. The van der Waals surface area contributed by atoms with Crippen LogP contribution in [0.4, 0.5) is 0 Å². The van der Waals surface area contributed by atoms with E-state index in [1.165, 1.54) is 6.26 Å². The number of hydrogen-bond donors (Lipinski definition) is 1. The fourth-order valence-electron chi connectivity index (χ4n) is 2.20. The number of carbonyl (C=O) groups is 1. The van der Waals surface area contributed by atoms with Crippen LogP contribution in [0.25, 0.3) is 11.5 Å². The molecule has 1 N–H and O–H groups in total. The summed E-state index contributed by atoms with van der Waals surface area (Å²) in [5, 5.41) is 6.68. The lowest BCUT2D eigenvalue weighted by Crippen LogP contribution is -2.06. The molecule has 7 nitrogen and oxygen atoms in total. The first-order chi connectivity index (χ1) is 12.1. The van der Waals surface area contributed by atoms with Crippen molar-refractivity contribution in [3.63, 3.8) is 0 Å². The fraction of sp³-hybridized carbons (Fsp3) is 0.176. The number of H-pyrrole nitrogens is 1. The van der Waals surface area contributed by atoms with E-state index in [0.717, 1.165) is 10.0 Å². The average molecular weight is 407 g/mol. The van der Waals surface area contributed by atoms with Crippen LogP contribution < -0.4 is 9.47 Å². The van der Waals surface area contributed by atoms with E-state index < -0.39 is 5.97 Å². The lowest BCUT2D eigenvalue weighted by atomic mass is 10.2. The van der Waals surface area contributed by atoms with Crippen molar-refractivity contribution in [2.24, 2.45) is 0 Å². The molecule has 130 valence electrons. The molecule has 2 heterocycles. The molecule has 0 fully saturated rings. The third kappa shape index (κ3) is 3.69. The van der Waals surface area contributed by atoms with Gasteiger partial charge in [-0.1, -0.05) is 15.9 Å². The second-order valence-corrected chi connectivity index (χ2v) is 5.87. The predicted molar refractivity (Wildman–Crippen MR) is 92.7 cm³/mol. The molecule has 2 aromatic heterocycles. The zero-order valence-electron chi connectivity index (χ0n) is 13.5. The van der Waals surface area contributed by atoms with Gasteiger partial charge in [-0.2, -0.15) is 5.10 Å². The third-order valence-corrected chi connectivity index (χ3v) is 4.22. The molecule has 0 amide bonds.